The van der Waals surface area contributed by atoms with Gasteiger partial charge in [0, 0.05) is 0 Å². The maximum absolute atomic E-state index is 11.9. The molecule has 18 heavy (non-hydrogen) atoms. The second-order valence-electron chi connectivity index (χ2n) is 4.28. The Kier molecular flexibility index (Phi) is 4.13. The molecule has 0 heterocycles. The Labute approximate surface area is 108 Å². The lowest BCUT2D eigenvalue weighted by atomic mass is 10.1. The van der Waals surface area contributed by atoms with Crippen LogP contribution in [0.4, 0.5) is 0 Å². The van der Waals surface area contributed by atoms with Gasteiger partial charge >= 0.3 is 0 Å². The quantitative estimate of drug-likeness (QED) is 0.871. The molecule has 2 aromatic rings. The third-order valence-electron chi connectivity index (χ3n) is 2.83. The maximum atomic E-state index is 11.9. The molecular weight excluding hydrogens is 222 g/mol. The van der Waals surface area contributed by atoms with Gasteiger partial charge in [-0.3, -0.25) is 4.79 Å². The summed E-state index contributed by atoms with van der Waals surface area (Å²) < 4.78 is 0. The summed E-state index contributed by atoms with van der Waals surface area (Å²) >= 11 is 0. The van der Waals surface area contributed by atoms with E-state index in [1.54, 1.807) is 0 Å². The molecule has 1 unspecified atom stereocenters. The molecule has 0 bridgehead atoms. The van der Waals surface area contributed by atoms with E-state index < -0.39 is 0 Å². The minimum Gasteiger partial charge on any atom is -0.349 e. The topological polar surface area (TPSA) is 29.1 Å². The number of nitrogens with one attached hydrogen (secondary N) is 1. The first-order chi connectivity index (χ1) is 8.75. The lowest BCUT2D eigenvalue weighted by molar-refractivity contribution is -0.121. The van der Waals surface area contributed by atoms with Crippen LogP contribution in [0.1, 0.15) is 24.1 Å². The van der Waals surface area contributed by atoms with Gasteiger partial charge in [-0.05, 0) is 24.1 Å². The van der Waals surface area contributed by atoms with Crippen molar-refractivity contribution in [3.63, 3.8) is 0 Å². The molecule has 2 rings (SSSR count). The Morgan fingerprint density at radius 1 is 1.17 bits per heavy atom. The average Bonchev–Trinajstić information content (AvgIpc) is 2.40. The van der Waals surface area contributed by atoms with E-state index in [4.69, 9.17) is 0 Å². The van der Waals surface area contributed by atoms with Crippen LogP contribution in [0.3, 0.4) is 0 Å². The van der Waals surface area contributed by atoms with Crippen molar-refractivity contribution in [2.45, 2.75) is 19.4 Å². The van der Waals surface area contributed by atoms with Crippen LogP contribution in [0.15, 0.2) is 54.6 Å². The Bertz CT molecular complexity index is 493. The molecule has 0 saturated heterocycles. The normalized spacial score (nSPS) is 11.8. The van der Waals surface area contributed by atoms with Crippen LogP contribution < -0.4 is 5.32 Å². The molecule has 1 amide bonds. The summed E-state index contributed by atoms with van der Waals surface area (Å²) in [6.07, 6.45) is 0.421. The predicted octanol–water partition coefficient (Wildman–Crippen LogP) is 2.91. The number of hydrogen-bond donors (Lipinski definition) is 1. The number of benzene rings is 2. The van der Waals surface area contributed by atoms with Gasteiger partial charge in [-0.1, -0.05) is 54.6 Å². The van der Waals surface area contributed by atoms with Crippen molar-refractivity contribution in [2.24, 2.45) is 0 Å². The first kappa shape index (κ1) is 12.4. The lowest BCUT2D eigenvalue weighted by Gasteiger charge is -2.14. The van der Waals surface area contributed by atoms with Crippen molar-refractivity contribution < 1.29 is 4.79 Å². The molecule has 0 aliphatic rings. The van der Waals surface area contributed by atoms with Gasteiger partial charge in [0.25, 0.3) is 0 Å². The van der Waals surface area contributed by atoms with E-state index in [0.29, 0.717) is 6.42 Å². The minimum absolute atomic E-state index is 0.0239. The smallest absolute Gasteiger partial charge is 0.224 e. The molecule has 0 aliphatic carbocycles. The van der Waals surface area contributed by atoms with E-state index in [-0.39, 0.29) is 11.9 Å². The van der Waals surface area contributed by atoms with Crippen LogP contribution in [0.5, 0.6) is 0 Å². The molecule has 0 saturated carbocycles. The Hall–Kier alpha value is -2.09. The highest BCUT2D eigenvalue weighted by Crippen LogP contribution is 2.11. The van der Waals surface area contributed by atoms with Gasteiger partial charge in [0.15, 0.2) is 0 Å². The first-order valence-electron chi connectivity index (χ1n) is 6.05. The fourth-order valence-corrected chi connectivity index (χ4v) is 1.85. The molecular formula is C16H16NO. The van der Waals surface area contributed by atoms with Crippen molar-refractivity contribution in [2.75, 3.05) is 0 Å². The van der Waals surface area contributed by atoms with Gasteiger partial charge in [0.1, 0.15) is 0 Å². The predicted molar refractivity (Wildman–Crippen MR) is 72.0 cm³/mol. The third kappa shape index (κ3) is 3.45. The zero-order valence-corrected chi connectivity index (χ0v) is 10.4. The van der Waals surface area contributed by atoms with Crippen molar-refractivity contribution in [1.29, 1.82) is 0 Å². The summed E-state index contributed by atoms with van der Waals surface area (Å²) in [5.41, 5.74) is 2.12. The number of amides is 1. The third-order valence-corrected chi connectivity index (χ3v) is 2.83. The minimum atomic E-state index is 0.0239. The second kappa shape index (κ2) is 6.01. The van der Waals surface area contributed by atoms with Crippen molar-refractivity contribution in [3.05, 3.63) is 71.8 Å². The fourth-order valence-electron chi connectivity index (χ4n) is 1.85. The van der Waals surface area contributed by atoms with E-state index in [1.807, 2.05) is 61.5 Å². The number of rotatable bonds is 4. The zero-order valence-electron chi connectivity index (χ0n) is 10.4. The monoisotopic (exact) mass is 238 g/mol. The van der Waals surface area contributed by atoms with Crippen LogP contribution >= 0.6 is 0 Å². The Morgan fingerprint density at radius 2 is 1.83 bits per heavy atom. The Morgan fingerprint density at radius 3 is 2.50 bits per heavy atom. The van der Waals surface area contributed by atoms with E-state index in [9.17, 15) is 4.79 Å². The molecule has 0 aromatic heterocycles. The molecule has 0 aliphatic heterocycles. The van der Waals surface area contributed by atoms with Crippen molar-refractivity contribution in [3.8, 4) is 0 Å². The van der Waals surface area contributed by atoms with Crippen LogP contribution in [-0.2, 0) is 11.2 Å². The molecule has 1 atom stereocenters. The molecule has 91 valence electrons. The number of carbonyl (C=O) groups is 1. The maximum Gasteiger partial charge on any atom is 0.224 e. The van der Waals surface area contributed by atoms with E-state index in [1.165, 1.54) is 0 Å². The van der Waals surface area contributed by atoms with Gasteiger partial charge in [-0.25, -0.2) is 0 Å². The van der Waals surface area contributed by atoms with Gasteiger partial charge in [-0.2, -0.15) is 0 Å². The van der Waals surface area contributed by atoms with E-state index in [0.717, 1.165) is 11.1 Å². The summed E-state index contributed by atoms with van der Waals surface area (Å²) in [7, 11) is 0. The van der Waals surface area contributed by atoms with Gasteiger partial charge in [-0.15, -0.1) is 0 Å². The average molecular weight is 238 g/mol. The molecule has 1 N–H and O–H groups in total. The second-order valence-corrected chi connectivity index (χ2v) is 4.28. The molecule has 2 heteroatoms. The summed E-state index contributed by atoms with van der Waals surface area (Å²) in [6.45, 7) is 1.98. The summed E-state index contributed by atoms with van der Waals surface area (Å²) in [5.74, 6) is 0.0431. The van der Waals surface area contributed by atoms with Crippen LogP contribution in [0, 0.1) is 6.07 Å². The summed E-state index contributed by atoms with van der Waals surface area (Å²) in [6, 6.07) is 20.4. The molecule has 2 aromatic carbocycles. The highest BCUT2D eigenvalue weighted by atomic mass is 16.1. The SMILES string of the molecule is CC(NC(=O)Cc1ccccc1)c1cc[c]cc1. The summed E-state index contributed by atoms with van der Waals surface area (Å²) in [5, 5.41) is 2.99. The number of hydrogen-bond acceptors (Lipinski definition) is 1. The lowest BCUT2D eigenvalue weighted by Crippen LogP contribution is -2.28. The first-order valence-corrected chi connectivity index (χ1v) is 6.05. The largest absolute Gasteiger partial charge is 0.349 e. The highest BCUT2D eigenvalue weighted by molar-refractivity contribution is 5.78. The molecule has 0 spiro atoms. The van der Waals surface area contributed by atoms with E-state index >= 15 is 0 Å². The Balaban J connectivity index is 1.92. The van der Waals surface area contributed by atoms with Crippen LogP contribution in [0.2, 0.25) is 0 Å². The summed E-state index contributed by atoms with van der Waals surface area (Å²) in [4.78, 5) is 11.9. The number of carbonyl (C=O) groups excluding carboxylic acids is 1. The highest BCUT2D eigenvalue weighted by Gasteiger charge is 2.09. The van der Waals surface area contributed by atoms with Crippen molar-refractivity contribution >= 4 is 5.91 Å². The van der Waals surface area contributed by atoms with Crippen molar-refractivity contribution in [1.82, 2.24) is 5.32 Å². The zero-order chi connectivity index (χ0) is 12.8. The standard InChI is InChI=1S/C16H16NO/c1-13(15-10-6-3-7-11-15)17-16(18)12-14-8-4-2-5-9-14/h2,4-11,13H,12H2,1H3,(H,17,18). The van der Waals surface area contributed by atoms with Gasteiger partial charge < -0.3 is 5.32 Å². The van der Waals surface area contributed by atoms with Crippen LogP contribution in [0.25, 0.3) is 0 Å². The van der Waals surface area contributed by atoms with Gasteiger partial charge in [0.05, 0.1) is 12.5 Å². The van der Waals surface area contributed by atoms with Crippen LogP contribution in [-0.4, -0.2) is 5.91 Å². The van der Waals surface area contributed by atoms with Gasteiger partial charge in [0.2, 0.25) is 5.91 Å². The van der Waals surface area contributed by atoms with E-state index in [2.05, 4.69) is 11.4 Å². The molecule has 1 radical (unpaired) electrons. The fraction of sp³-hybridized carbons (Fsp3) is 0.188. The molecule has 0 fully saturated rings. The molecule has 2 nitrogen and oxygen atoms in total.